The van der Waals surface area contributed by atoms with Crippen LogP contribution in [0.25, 0.3) is 0 Å². The zero-order valence-electron chi connectivity index (χ0n) is 26.7. The molecule has 0 aliphatic rings. The van der Waals surface area contributed by atoms with Crippen LogP contribution in [-0.4, -0.2) is 50.5 Å². The standard InChI is InChI=1S/C24H31NO4.C11H19N3/c1-4-7-8-12-15-18-21(23(27)17-13-10-9-11-14-17)20(26)16-19(24(28)29)22(18)25(5-2)6-3;1-3-5-6-7-8-11-10(4-2)9-12-14-13-11/h9-11,13-14,16,26H,4-8,12,15H2,1-3H3,(H,28,29);9H,3-8H2,1-2H3. The highest BCUT2D eigenvalue weighted by molar-refractivity contribution is 6.13. The van der Waals surface area contributed by atoms with Crippen molar-refractivity contribution >= 4 is 17.4 Å². The van der Waals surface area contributed by atoms with Crippen LogP contribution >= 0.6 is 0 Å². The number of carbonyl (C=O) groups excluding carboxylic acids is 1. The van der Waals surface area contributed by atoms with Crippen LogP contribution in [0.5, 0.6) is 5.75 Å². The van der Waals surface area contributed by atoms with E-state index in [9.17, 15) is 19.8 Å². The molecule has 0 aliphatic carbocycles. The Hall–Kier alpha value is -3.81. The molecule has 2 aromatic carbocycles. The number of nitrogens with zero attached hydrogens (tertiary/aromatic N) is 4. The zero-order valence-corrected chi connectivity index (χ0v) is 26.7. The minimum absolute atomic E-state index is 0.0429. The summed E-state index contributed by atoms with van der Waals surface area (Å²) in [6.45, 7) is 11.6. The molecule has 234 valence electrons. The van der Waals surface area contributed by atoms with Gasteiger partial charge in [0.1, 0.15) is 5.75 Å². The Kier molecular flexibility index (Phi) is 16.0. The van der Waals surface area contributed by atoms with Crippen molar-refractivity contribution in [1.29, 1.82) is 0 Å². The van der Waals surface area contributed by atoms with Crippen molar-refractivity contribution in [3.8, 4) is 5.75 Å². The van der Waals surface area contributed by atoms with E-state index in [0.29, 0.717) is 36.3 Å². The Morgan fingerprint density at radius 1 is 0.837 bits per heavy atom. The van der Waals surface area contributed by atoms with Gasteiger partial charge in [0.25, 0.3) is 0 Å². The minimum Gasteiger partial charge on any atom is -0.507 e. The highest BCUT2D eigenvalue weighted by Crippen LogP contribution is 2.37. The third kappa shape index (κ3) is 10.4. The van der Waals surface area contributed by atoms with Gasteiger partial charge in [0.05, 0.1) is 28.7 Å². The fourth-order valence-electron chi connectivity index (χ4n) is 5.28. The lowest BCUT2D eigenvalue weighted by molar-refractivity contribution is 0.0696. The first-order valence-corrected chi connectivity index (χ1v) is 16.0. The van der Waals surface area contributed by atoms with Crippen LogP contribution in [0, 0.1) is 0 Å². The van der Waals surface area contributed by atoms with Crippen LogP contribution in [0.15, 0.2) is 42.6 Å². The number of rotatable bonds is 17. The monoisotopic (exact) mass is 590 g/mol. The number of benzene rings is 2. The number of aryl methyl sites for hydroxylation is 2. The summed E-state index contributed by atoms with van der Waals surface area (Å²) >= 11 is 0. The predicted molar refractivity (Wildman–Crippen MR) is 173 cm³/mol. The average Bonchev–Trinajstić information content (AvgIpc) is 3.03. The van der Waals surface area contributed by atoms with E-state index in [-0.39, 0.29) is 22.7 Å². The smallest absolute Gasteiger partial charge is 0.337 e. The Labute approximate surface area is 257 Å². The minimum atomic E-state index is -1.10. The van der Waals surface area contributed by atoms with Gasteiger partial charge in [-0.3, -0.25) is 4.79 Å². The second-order valence-electron chi connectivity index (χ2n) is 10.7. The number of carboxylic acid groups (broad SMARTS) is 1. The lowest BCUT2D eigenvalue weighted by atomic mass is 9.89. The van der Waals surface area contributed by atoms with Gasteiger partial charge < -0.3 is 15.1 Å². The van der Waals surface area contributed by atoms with E-state index in [2.05, 4.69) is 36.2 Å². The Morgan fingerprint density at radius 2 is 1.47 bits per heavy atom. The Bertz CT molecular complexity index is 1280. The summed E-state index contributed by atoms with van der Waals surface area (Å²) in [4.78, 5) is 27.2. The lowest BCUT2D eigenvalue weighted by Gasteiger charge is -2.28. The number of phenolic OH excluding ortho intramolecular Hbond substituents is 1. The number of anilines is 1. The molecule has 2 N–H and O–H groups in total. The molecule has 0 fully saturated rings. The molecule has 0 saturated heterocycles. The van der Waals surface area contributed by atoms with Gasteiger partial charge in [-0.05, 0) is 68.4 Å². The maximum Gasteiger partial charge on any atom is 0.337 e. The molecule has 0 aliphatic heterocycles. The van der Waals surface area contributed by atoms with Crippen molar-refractivity contribution in [1.82, 2.24) is 15.4 Å². The summed E-state index contributed by atoms with van der Waals surface area (Å²) in [6, 6.07) is 10.0. The SMILES string of the molecule is CCCCCCc1c(C(=O)c2ccccc2)c(O)cc(C(=O)O)c1N(CC)CC.CCCCCCc1nnncc1CC. The fourth-order valence-corrected chi connectivity index (χ4v) is 5.28. The van der Waals surface area contributed by atoms with E-state index in [1.807, 2.05) is 31.0 Å². The van der Waals surface area contributed by atoms with Crippen LogP contribution in [0.3, 0.4) is 0 Å². The van der Waals surface area contributed by atoms with Crippen LogP contribution in [0.4, 0.5) is 5.69 Å². The van der Waals surface area contributed by atoms with E-state index in [0.717, 1.165) is 44.2 Å². The van der Waals surface area contributed by atoms with Gasteiger partial charge in [-0.15, -0.1) is 10.2 Å². The number of unbranched alkanes of at least 4 members (excludes halogenated alkanes) is 6. The van der Waals surface area contributed by atoms with Gasteiger partial charge in [-0.1, -0.05) is 89.6 Å². The van der Waals surface area contributed by atoms with Crippen molar-refractivity contribution in [2.75, 3.05) is 18.0 Å². The van der Waals surface area contributed by atoms with Crippen molar-refractivity contribution in [3.63, 3.8) is 0 Å². The molecule has 43 heavy (non-hydrogen) atoms. The number of carboxylic acids is 1. The molecule has 8 heteroatoms. The highest BCUT2D eigenvalue weighted by atomic mass is 16.4. The third-order valence-corrected chi connectivity index (χ3v) is 7.68. The summed E-state index contributed by atoms with van der Waals surface area (Å²) in [5.41, 5.74) is 4.31. The molecule has 0 saturated carbocycles. The highest BCUT2D eigenvalue weighted by Gasteiger charge is 2.28. The Morgan fingerprint density at radius 3 is 2.02 bits per heavy atom. The number of phenols is 1. The van der Waals surface area contributed by atoms with Crippen LogP contribution in [0.2, 0.25) is 0 Å². The topological polar surface area (TPSA) is 117 Å². The lowest BCUT2D eigenvalue weighted by Crippen LogP contribution is -2.27. The third-order valence-electron chi connectivity index (χ3n) is 7.68. The molecule has 0 atom stereocenters. The largest absolute Gasteiger partial charge is 0.507 e. The van der Waals surface area contributed by atoms with Crippen molar-refractivity contribution in [2.24, 2.45) is 0 Å². The second kappa shape index (κ2) is 19.4. The Balaban J connectivity index is 0.000000385. The maximum absolute atomic E-state index is 13.3. The molecule has 0 bridgehead atoms. The van der Waals surface area contributed by atoms with Crippen molar-refractivity contribution in [3.05, 3.63) is 76.1 Å². The first-order valence-electron chi connectivity index (χ1n) is 16.0. The molecule has 0 unspecified atom stereocenters. The van der Waals surface area contributed by atoms with Gasteiger partial charge in [-0.25, -0.2) is 4.79 Å². The van der Waals surface area contributed by atoms with Gasteiger partial charge in [0, 0.05) is 18.7 Å². The summed E-state index contributed by atoms with van der Waals surface area (Å²) in [5, 5.41) is 32.1. The summed E-state index contributed by atoms with van der Waals surface area (Å²) in [7, 11) is 0. The van der Waals surface area contributed by atoms with E-state index >= 15 is 0 Å². The van der Waals surface area contributed by atoms with Crippen LogP contribution in [0.1, 0.15) is 129 Å². The molecular weight excluding hydrogens is 540 g/mol. The zero-order chi connectivity index (χ0) is 31.6. The van der Waals surface area contributed by atoms with Gasteiger partial charge in [0.15, 0.2) is 5.78 Å². The van der Waals surface area contributed by atoms with E-state index in [1.165, 1.54) is 37.3 Å². The number of aromatic nitrogens is 3. The van der Waals surface area contributed by atoms with Gasteiger partial charge in [-0.2, -0.15) is 0 Å². The number of aromatic hydroxyl groups is 1. The van der Waals surface area contributed by atoms with E-state index < -0.39 is 5.97 Å². The average molecular weight is 591 g/mol. The van der Waals surface area contributed by atoms with Gasteiger partial charge in [0.2, 0.25) is 0 Å². The van der Waals surface area contributed by atoms with Crippen molar-refractivity contribution in [2.45, 2.75) is 105 Å². The van der Waals surface area contributed by atoms with E-state index in [1.54, 1.807) is 24.3 Å². The summed E-state index contributed by atoms with van der Waals surface area (Å²) in [5.74, 6) is -1.65. The number of ketones is 1. The number of hydrogen-bond donors (Lipinski definition) is 2. The first kappa shape index (κ1) is 35.4. The molecular formula is C35H50N4O4. The molecule has 1 heterocycles. The molecule has 0 amide bonds. The molecule has 8 nitrogen and oxygen atoms in total. The second-order valence-corrected chi connectivity index (χ2v) is 10.7. The molecule has 0 radical (unpaired) electrons. The van der Waals surface area contributed by atoms with Crippen LogP contribution in [-0.2, 0) is 19.3 Å². The first-order chi connectivity index (χ1) is 20.8. The van der Waals surface area contributed by atoms with Crippen LogP contribution < -0.4 is 4.90 Å². The molecule has 1 aromatic heterocycles. The van der Waals surface area contributed by atoms with E-state index in [4.69, 9.17) is 0 Å². The predicted octanol–water partition coefficient (Wildman–Crippen LogP) is 7.85. The number of aromatic carboxylic acids is 1. The molecule has 3 aromatic rings. The summed E-state index contributed by atoms with van der Waals surface area (Å²) in [6.07, 6.45) is 13.5. The molecule has 3 rings (SSSR count). The summed E-state index contributed by atoms with van der Waals surface area (Å²) < 4.78 is 0. The fraction of sp³-hybridized carbons (Fsp3) is 0.514. The normalized spacial score (nSPS) is 10.6. The number of carbonyl (C=O) groups is 2. The number of hydrogen-bond acceptors (Lipinski definition) is 7. The van der Waals surface area contributed by atoms with Gasteiger partial charge >= 0.3 is 5.97 Å². The van der Waals surface area contributed by atoms with Crippen molar-refractivity contribution < 1.29 is 19.8 Å². The maximum atomic E-state index is 13.3. The quantitative estimate of drug-likeness (QED) is 0.121. The molecule has 0 spiro atoms.